The minimum Gasteiger partial charge on any atom is -0.494 e. The van der Waals surface area contributed by atoms with E-state index >= 15 is 0 Å². The predicted molar refractivity (Wildman–Crippen MR) is 101 cm³/mol. The summed E-state index contributed by atoms with van der Waals surface area (Å²) in [5.41, 5.74) is 2.22. The maximum atomic E-state index is 11.5. The van der Waals surface area contributed by atoms with Gasteiger partial charge in [-0.2, -0.15) is 4.72 Å². The van der Waals surface area contributed by atoms with E-state index in [1.165, 1.54) is 0 Å². The number of H-pyrrole nitrogens is 1. The molecule has 1 atom stereocenters. The number of nitrogens with one attached hydrogen (secondary N) is 2. The van der Waals surface area contributed by atoms with Crippen molar-refractivity contribution in [2.24, 2.45) is 0 Å². The molecule has 1 heterocycles. The molecule has 0 aliphatic heterocycles. The van der Waals surface area contributed by atoms with Crippen molar-refractivity contribution in [1.29, 1.82) is 0 Å². The molecular formula is C19H22N2O4S. The zero-order valence-corrected chi connectivity index (χ0v) is 15.3. The molecule has 138 valence electrons. The number of benzene rings is 2. The molecule has 7 heteroatoms. The fraction of sp³-hybridized carbons (Fsp3) is 0.263. The number of sulfonamides is 1. The molecule has 2 aromatic carbocycles. The molecule has 6 nitrogen and oxygen atoms in total. The second-order valence-corrected chi connectivity index (χ2v) is 7.90. The van der Waals surface area contributed by atoms with Crippen LogP contribution in [-0.2, 0) is 16.4 Å². The Labute approximate surface area is 152 Å². The molecule has 1 unspecified atom stereocenters. The molecule has 0 spiro atoms. The van der Waals surface area contributed by atoms with Crippen molar-refractivity contribution in [2.75, 3.05) is 12.9 Å². The highest BCUT2D eigenvalue weighted by atomic mass is 32.2. The lowest BCUT2D eigenvalue weighted by atomic mass is 10.1. The van der Waals surface area contributed by atoms with Crippen LogP contribution < -0.4 is 9.46 Å². The number of aliphatic hydroxyl groups is 1. The summed E-state index contributed by atoms with van der Waals surface area (Å²) in [6, 6.07) is 17.2. The predicted octanol–water partition coefficient (Wildman–Crippen LogP) is 2.72. The Morgan fingerprint density at radius 3 is 2.54 bits per heavy atom. The van der Waals surface area contributed by atoms with Crippen molar-refractivity contribution in [3.63, 3.8) is 0 Å². The van der Waals surface area contributed by atoms with Gasteiger partial charge in [-0.25, -0.2) is 8.42 Å². The van der Waals surface area contributed by atoms with Gasteiger partial charge in [-0.1, -0.05) is 36.4 Å². The monoisotopic (exact) mass is 374 g/mol. The van der Waals surface area contributed by atoms with Crippen LogP contribution in [0.25, 0.3) is 10.9 Å². The highest BCUT2D eigenvalue weighted by molar-refractivity contribution is 7.88. The molecule has 3 aromatic rings. The van der Waals surface area contributed by atoms with Crippen molar-refractivity contribution in [3.8, 4) is 5.75 Å². The molecule has 0 bridgehead atoms. The van der Waals surface area contributed by atoms with Gasteiger partial charge in [0.2, 0.25) is 10.0 Å². The minimum absolute atomic E-state index is 0.469. The molecule has 0 fully saturated rings. The van der Waals surface area contributed by atoms with Crippen LogP contribution in [0.5, 0.6) is 5.75 Å². The fourth-order valence-electron chi connectivity index (χ4n) is 2.94. The Kier molecular flexibility index (Phi) is 5.61. The molecule has 0 aliphatic rings. The average molecular weight is 374 g/mol. The number of hydrogen-bond acceptors (Lipinski definition) is 4. The molecule has 0 saturated heterocycles. The summed E-state index contributed by atoms with van der Waals surface area (Å²) >= 11 is 0. The first-order valence-corrected chi connectivity index (χ1v) is 10.3. The van der Waals surface area contributed by atoms with Gasteiger partial charge in [0, 0.05) is 10.9 Å². The molecule has 0 aliphatic carbocycles. The zero-order valence-electron chi connectivity index (χ0n) is 14.5. The van der Waals surface area contributed by atoms with Crippen molar-refractivity contribution >= 4 is 20.9 Å². The first kappa shape index (κ1) is 18.4. The number of hydrogen-bond donors (Lipinski definition) is 3. The highest BCUT2D eigenvalue weighted by Crippen LogP contribution is 2.27. The van der Waals surface area contributed by atoms with Crippen molar-refractivity contribution < 1.29 is 18.3 Å². The summed E-state index contributed by atoms with van der Waals surface area (Å²) in [6.07, 6.45) is 1.08. The molecule has 3 rings (SSSR count). The fourth-order valence-corrected chi connectivity index (χ4v) is 3.46. The summed E-state index contributed by atoms with van der Waals surface area (Å²) in [4.78, 5) is 3.13. The van der Waals surface area contributed by atoms with Gasteiger partial charge >= 0.3 is 0 Å². The maximum absolute atomic E-state index is 11.5. The number of aromatic nitrogens is 1. The van der Waals surface area contributed by atoms with Gasteiger partial charge in [0.25, 0.3) is 0 Å². The van der Waals surface area contributed by atoms with Crippen LogP contribution in [-0.4, -0.2) is 31.4 Å². The molecule has 0 amide bonds. The lowest BCUT2D eigenvalue weighted by molar-refractivity contribution is 0.161. The number of rotatable bonds is 8. The summed E-state index contributed by atoms with van der Waals surface area (Å²) in [5.74, 6) is 0.811. The maximum Gasteiger partial charge on any atom is 0.211 e. The quantitative estimate of drug-likeness (QED) is 0.418. The van der Waals surface area contributed by atoms with Gasteiger partial charge in [0.05, 0.1) is 18.6 Å². The van der Waals surface area contributed by atoms with E-state index < -0.39 is 16.3 Å². The lowest BCUT2D eigenvalue weighted by Gasteiger charge is -2.13. The number of ether oxygens (including phenoxy) is 1. The Morgan fingerprint density at radius 2 is 1.81 bits per heavy atom. The molecule has 1 aromatic heterocycles. The molecule has 26 heavy (non-hydrogen) atoms. The van der Waals surface area contributed by atoms with E-state index in [4.69, 9.17) is 4.74 Å². The summed E-state index contributed by atoms with van der Waals surface area (Å²) < 4.78 is 30.8. The largest absolute Gasteiger partial charge is 0.494 e. The van der Waals surface area contributed by atoms with Crippen LogP contribution in [0.15, 0.2) is 54.6 Å². The standard InChI is InChI=1S/C19H22N2O4S/c1-26(23,24)21-19(22)18-16(15-10-5-6-12-17(15)20-18)11-7-13-25-14-8-3-2-4-9-14/h2-6,8-10,12,19-22H,7,11,13H2,1H3. The van der Waals surface area contributed by atoms with E-state index in [9.17, 15) is 13.5 Å². The number of aliphatic hydroxyl groups excluding tert-OH is 1. The third-order valence-corrected chi connectivity index (χ3v) is 4.68. The van der Waals surface area contributed by atoms with Crippen LogP contribution in [0.4, 0.5) is 0 Å². The Bertz CT molecular complexity index is 968. The molecule has 0 radical (unpaired) electrons. The highest BCUT2D eigenvalue weighted by Gasteiger charge is 2.20. The number of fused-ring (bicyclic) bond motifs is 1. The van der Waals surface area contributed by atoms with Crippen molar-refractivity contribution in [1.82, 2.24) is 9.71 Å². The second-order valence-electron chi connectivity index (χ2n) is 6.12. The summed E-state index contributed by atoms with van der Waals surface area (Å²) in [6.45, 7) is 0.526. The van der Waals surface area contributed by atoms with Crippen LogP contribution in [0.1, 0.15) is 23.9 Å². The first-order chi connectivity index (χ1) is 12.4. The molecule has 3 N–H and O–H groups in total. The van der Waals surface area contributed by atoms with Gasteiger partial charge in [-0.3, -0.25) is 0 Å². The van der Waals surface area contributed by atoms with E-state index in [1.54, 1.807) is 0 Å². The van der Waals surface area contributed by atoms with Crippen LogP contribution in [0, 0.1) is 0 Å². The lowest BCUT2D eigenvalue weighted by Crippen LogP contribution is -2.28. The van der Waals surface area contributed by atoms with Gasteiger partial charge < -0.3 is 14.8 Å². The normalized spacial score (nSPS) is 13.0. The number of aryl methyl sites for hydroxylation is 1. The third-order valence-electron chi connectivity index (χ3n) is 4.03. The summed E-state index contributed by atoms with van der Waals surface area (Å²) in [7, 11) is -3.53. The minimum atomic E-state index is -3.53. The van der Waals surface area contributed by atoms with Gasteiger partial charge in [0.15, 0.2) is 6.23 Å². The van der Waals surface area contributed by atoms with E-state index in [2.05, 4.69) is 9.71 Å². The van der Waals surface area contributed by atoms with Gasteiger partial charge in [0.1, 0.15) is 5.75 Å². The zero-order chi connectivity index (χ0) is 18.6. The van der Waals surface area contributed by atoms with E-state index in [0.717, 1.165) is 34.9 Å². The average Bonchev–Trinajstić information content (AvgIpc) is 2.97. The first-order valence-electron chi connectivity index (χ1n) is 8.37. The van der Waals surface area contributed by atoms with Crippen LogP contribution in [0.2, 0.25) is 0 Å². The molecule has 0 saturated carbocycles. The van der Waals surface area contributed by atoms with Gasteiger partial charge in [-0.05, 0) is 36.6 Å². The Hall–Kier alpha value is -2.35. The SMILES string of the molecule is CS(=O)(=O)NC(O)c1[nH]c2ccccc2c1CCCOc1ccccc1. The second kappa shape index (κ2) is 7.90. The number of aromatic amines is 1. The van der Waals surface area contributed by atoms with E-state index in [1.807, 2.05) is 54.6 Å². The smallest absolute Gasteiger partial charge is 0.211 e. The Balaban J connectivity index is 1.76. The number of para-hydroxylation sites is 2. The van der Waals surface area contributed by atoms with Gasteiger partial charge in [-0.15, -0.1) is 0 Å². The third kappa shape index (κ3) is 4.63. The Morgan fingerprint density at radius 1 is 1.12 bits per heavy atom. The van der Waals surface area contributed by atoms with Crippen LogP contribution >= 0.6 is 0 Å². The van der Waals surface area contributed by atoms with Crippen molar-refractivity contribution in [3.05, 3.63) is 65.9 Å². The van der Waals surface area contributed by atoms with E-state index in [0.29, 0.717) is 18.7 Å². The summed E-state index contributed by atoms with van der Waals surface area (Å²) in [5, 5.41) is 11.3. The topological polar surface area (TPSA) is 91.4 Å². The van der Waals surface area contributed by atoms with Crippen LogP contribution in [0.3, 0.4) is 0 Å². The molecular weight excluding hydrogens is 352 g/mol. The van der Waals surface area contributed by atoms with E-state index in [-0.39, 0.29) is 0 Å². The van der Waals surface area contributed by atoms with Crippen molar-refractivity contribution in [2.45, 2.75) is 19.1 Å².